The lowest BCUT2D eigenvalue weighted by atomic mass is 9.85. The van der Waals surface area contributed by atoms with Crippen molar-refractivity contribution in [2.24, 2.45) is 0 Å². The van der Waals surface area contributed by atoms with Crippen molar-refractivity contribution in [3.05, 3.63) is 122 Å². The van der Waals surface area contributed by atoms with Gasteiger partial charge < -0.3 is 39.9 Å². The molecule has 6 N–H and O–H groups in total. The zero-order valence-corrected chi connectivity index (χ0v) is 36.8. The van der Waals surface area contributed by atoms with Gasteiger partial charge in [-0.3, -0.25) is 18.6 Å². The molecule has 8 atom stereocenters. The molecule has 14 heteroatoms. The summed E-state index contributed by atoms with van der Waals surface area (Å²) in [5.41, 5.74) is 0. The number of carbonyl (C=O) groups excluding carboxylic acids is 2. The highest BCUT2D eigenvalue weighted by Crippen LogP contribution is 2.47. The number of phosphoric ester groups is 1. The molecular weight excluding hydrogens is 803 g/mol. The van der Waals surface area contributed by atoms with E-state index in [-0.39, 0.29) is 12.8 Å². The molecule has 0 saturated heterocycles. The quantitative estimate of drug-likeness (QED) is 0.0125. The molecule has 0 bridgehead atoms. The Bertz CT molecular complexity index is 1520. The van der Waals surface area contributed by atoms with Crippen molar-refractivity contribution in [3.63, 3.8) is 0 Å². The molecule has 1 saturated carbocycles. The van der Waals surface area contributed by atoms with Crippen LogP contribution in [-0.2, 0) is 32.7 Å². The molecule has 1 aliphatic carbocycles. The molecule has 0 spiro atoms. The summed E-state index contributed by atoms with van der Waals surface area (Å²) in [5, 5.41) is 50.1. The van der Waals surface area contributed by atoms with Crippen LogP contribution < -0.4 is 0 Å². The van der Waals surface area contributed by atoms with Crippen LogP contribution in [-0.4, -0.2) is 98.3 Å². The number of unbranched alkanes of at least 4 members (excludes halogenated alkanes) is 4. The maximum atomic E-state index is 12.8. The van der Waals surface area contributed by atoms with Crippen molar-refractivity contribution in [1.29, 1.82) is 0 Å². The predicted octanol–water partition coefficient (Wildman–Crippen LogP) is 7.82. The van der Waals surface area contributed by atoms with Crippen LogP contribution in [0.15, 0.2) is 122 Å². The molecule has 0 radical (unpaired) electrons. The summed E-state index contributed by atoms with van der Waals surface area (Å²) in [5.74, 6) is -1.24. The number of hydrogen-bond acceptors (Lipinski definition) is 12. The fourth-order valence-electron chi connectivity index (χ4n) is 5.52. The Labute approximate surface area is 363 Å². The second-order valence-electron chi connectivity index (χ2n) is 14.2. The van der Waals surface area contributed by atoms with E-state index < -0.39 is 75.7 Å². The molecule has 0 amide bonds. The summed E-state index contributed by atoms with van der Waals surface area (Å²) in [6, 6.07) is 0. The van der Waals surface area contributed by atoms with Gasteiger partial charge in [0.15, 0.2) is 6.10 Å². The van der Waals surface area contributed by atoms with Crippen molar-refractivity contribution in [2.45, 2.75) is 146 Å². The van der Waals surface area contributed by atoms with Gasteiger partial charge in [0.1, 0.15) is 43.2 Å². The highest BCUT2D eigenvalue weighted by atomic mass is 31.2. The predicted molar refractivity (Wildman–Crippen MR) is 239 cm³/mol. The first-order valence-corrected chi connectivity index (χ1v) is 22.9. The molecule has 0 aromatic heterocycles. The summed E-state index contributed by atoms with van der Waals surface area (Å²) < 4.78 is 33.3. The van der Waals surface area contributed by atoms with E-state index in [9.17, 15) is 44.6 Å². The zero-order valence-electron chi connectivity index (χ0n) is 35.9. The minimum Gasteiger partial charge on any atom is -0.462 e. The van der Waals surface area contributed by atoms with Gasteiger partial charge in [-0.15, -0.1) is 0 Å². The first-order valence-electron chi connectivity index (χ1n) is 21.4. The number of aliphatic hydroxyl groups is 5. The third-order valence-electron chi connectivity index (χ3n) is 8.93. The van der Waals surface area contributed by atoms with Crippen LogP contribution >= 0.6 is 7.82 Å². The zero-order chi connectivity index (χ0) is 45.0. The van der Waals surface area contributed by atoms with Gasteiger partial charge in [-0.2, -0.15) is 0 Å². The van der Waals surface area contributed by atoms with Crippen molar-refractivity contribution in [3.8, 4) is 0 Å². The monoisotopic (exact) mass is 874 g/mol. The summed E-state index contributed by atoms with van der Waals surface area (Å²) in [6.07, 6.45) is 37.0. The lowest BCUT2D eigenvalue weighted by molar-refractivity contribution is -0.220. The minimum atomic E-state index is -5.15. The van der Waals surface area contributed by atoms with E-state index in [2.05, 4.69) is 80.7 Å². The third-order valence-corrected chi connectivity index (χ3v) is 9.91. The van der Waals surface area contributed by atoms with Crippen molar-refractivity contribution in [2.75, 3.05) is 13.2 Å². The van der Waals surface area contributed by atoms with Gasteiger partial charge in [-0.05, 0) is 70.6 Å². The van der Waals surface area contributed by atoms with Gasteiger partial charge >= 0.3 is 19.8 Å². The lowest BCUT2D eigenvalue weighted by Crippen LogP contribution is -2.64. The molecule has 61 heavy (non-hydrogen) atoms. The standard InChI is InChI=1S/C47H71O13P/c1-3-5-7-9-11-13-15-17-18-19-20-21-22-24-25-27-29-31-33-35-40(48)57-37-39(38-58-61(55,56)60-47-45(53)43(51)42(50)44(52)46(47)54)59-41(49)36-34-32-30-28-26-23-16-14-12-10-8-6-4-2/h5-8,10-14,16-18,20-21,23-26,28,30,39,42-47,50-54H,3-4,9,15,19,22,27,29,31-38H2,1-2H3,(H,55,56)/b7-5+,8-6+,12-10+,13-11+,16-14+,18-17+,21-20+,25-24+,26-23+,30-28+/t39?,42?,43-,44?,45?,46?,47?/m0/s1. The van der Waals surface area contributed by atoms with Crippen LogP contribution in [0.4, 0.5) is 0 Å². The minimum absolute atomic E-state index is 0.0157. The van der Waals surface area contributed by atoms with Gasteiger partial charge in [0.25, 0.3) is 0 Å². The number of rotatable bonds is 32. The number of ether oxygens (including phenoxy) is 2. The van der Waals surface area contributed by atoms with E-state index in [1.807, 2.05) is 54.7 Å². The normalized spacial score (nSPS) is 23.2. The Morgan fingerprint density at radius 3 is 1.54 bits per heavy atom. The molecular formula is C47H71O13P. The van der Waals surface area contributed by atoms with Crippen LogP contribution in [0.25, 0.3) is 0 Å². The number of esters is 2. The maximum absolute atomic E-state index is 12.8. The van der Waals surface area contributed by atoms with Gasteiger partial charge in [0.05, 0.1) is 6.61 Å². The van der Waals surface area contributed by atoms with Gasteiger partial charge in [-0.25, -0.2) is 4.57 Å². The summed E-state index contributed by atoms with van der Waals surface area (Å²) in [7, 11) is -5.15. The molecule has 0 aromatic rings. The van der Waals surface area contributed by atoms with E-state index in [4.69, 9.17) is 18.5 Å². The first-order chi connectivity index (χ1) is 29.4. The SMILES string of the molecule is CC/C=C/C=C/C=C/C=C/C=C/CCCC(=O)OC(COC(=O)CCCCC/C=C/C/C=C/C/C=C/C/C=C/C/C=C/CC)COP(=O)(O)OC1C(O)C(O)C(O)[C@H](O)C1O. The molecule has 1 aliphatic rings. The summed E-state index contributed by atoms with van der Waals surface area (Å²) in [4.78, 5) is 35.6. The topological polar surface area (TPSA) is 210 Å². The van der Waals surface area contributed by atoms with Gasteiger partial charge in [0.2, 0.25) is 0 Å². The Hall–Kier alpha value is -3.75. The average molecular weight is 875 g/mol. The number of phosphoric acid groups is 1. The van der Waals surface area contributed by atoms with Crippen molar-refractivity contribution >= 4 is 19.8 Å². The highest BCUT2D eigenvalue weighted by molar-refractivity contribution is 7.47. The summed E-state index contributed by atoms with van der Waals surface area (Å²) in [6.45, 7) is 2.91. The largest absolute Gasteiger partial charge is 0.472 e. The number of hydrogen-bond donors (Lipinski definition) is 6. The van der Waals surface area contributed by atoms with E-state index >= 15 is 0 Å². The average Bonchev–Trinajstić information content (AvgIpc) is 3.24. The molecule has 1 fully saturated rings. The van der Waals surface area contributed by atoms with E-state index in [1.54, 1.807) is 0 Å². The fourth-order valence-corrected chi connectivity index (χ4v) is 6.49. The Morgan fingerprint density at radius 2 is 0.984 bits per heavy atom. The lowest BCUT2D eigenvalue weighted by Gasteiger charge is -2.41. The molecule has 7 unspecified atom stereocenters. The van der Waals surface area contributed by atoms with E-state index in [0.717, 1.165) is 57.8 Å². The number of aliphatic hydroxyl groups excluding tert-OH is 5. The van der Waals surface area contributed by atoms with Gasteiger partial charge in [0, 0.05) is 12.8 Å². The third kappa shape index (κ3) is 28.5. The van der Waals surface area contributed by atoms with Crippen LogP contribution in [0.2, 0.25) is 0 Å². The smallest absolute Gasteiger partial charge is 0.462 e. The Morgan fingerprint density at radius 1 is 0.525 bits per heavy atom. The number of carbonyl (C=O) groups is 2. The van der Waals surface area contributed by atoms with Crippen molar-refractivity contribution < 1.29 is 63.1 Å². The fraction of sp³-hybridized carbons (Fsp3) is 0.532. The number of allylic oxidation sites excluding steroid dienone is 20. The van der Waals surface area contributed by atoms with Crippen LogP contribution in [0.3, 0.4) is 0 Å². The van der Waals surface area contributed by atoms with Crippen LogP contribution in [0.1, 0.15) is 104 Å². The van der Waals surface area contributed by atoms with E-state index in [0.29, 0.717) is 19.3 Å². The first kappa shape index (κ1) is 55.3. The molecule has 1 rings (SSSR count). The van der Waals surface area contributed by atoms with Crippen LogP contribution in [0, 0.1) is 0 Å². The second kappa shape index (κ2) is 35.8. The van der Waals surface area contributed by atoms with Crippen LogP contribution in [0.5, 0.6) is 0 Å². The summed E-state index contributed by atoms with van der Waals surface area (Å²) >= 11 is 0. The Kier molecular flexibility index (Phi) is 32.4. The second-order valence-corrected chi connectivity index (χ2v) is 15.6. The Balaban J connectivity index is 2.56. The molecule has 342 valence electrons. The molecule has 0 aliphatic heterocycles. The van der Waals surface area contributed by atoms with Gasteiger partial charge in [-0.1, -0.05) is 142 Å². The van der Waals surface area contributed by atoms with Crippen molar-refractivity contribution in [1.82, 2.24) is 0 Å². The maximum Gasteiger partial charge on any atom is 0.472 e. The highest BCUT2D eigenvalue weighted by Gasteiger charge is 2.51. The molecule has 13 nitrogen and oxygen atoms in total. The molecule has 0 heterocycles. The molecule has 0 aromatic carbocycles. The van der Waals surface area contributed by atoms with E-state index in [1.165, 1.54) is 0 Å².